The molecule has 7 nitrogen and oxygen atoms in total. The fourth-order valence-corrected chi connectivity index (χ4v) is 8.97. The number of aromatic nitrogens is 1. The maximum atomic E-state index is 13.8. The number of carbonyl (C=O) groups excluding carboxylic acids is 2. The normalized spacial score (nSPS) is 33.1. The molecule has 33 heavy (non-hydrogen) atoms. The molecular weight excluding hydrogens is 458 g/mol. The standard InChI is InChI=1S/C24H29N3O4S2/c1-33(30,31)17-4-5-18-20(10-17)32-23(25-18)26-21(28)19-3-2-6-27(19)22(29)24-11-14-7-15(12-24)9-16(8-14)13-24/h4-5,10,14-16,19H,2-3,6-9,11-13H2,1H3,(H,25,26,28)/t14?,15?,16?,19-,24?/m0/s1. The van der Waals surface area contributed by atoms with Gasteiger partial charge in [0.15, 0.2) is 15.0 Å². The van der Waals surface area contributed by atoms with Crippen LogP contribution >= 0.6 is 11.3 Å². The van der Waals surface area contributed by atoms with E-state index >= 15 is 0 Å². The van der Waals surface area contributed by atoms with E-state index in [1.54, 1.807) is 12.1 Å². The number of sulfone groups is 1. The summed E-state index contributed by atoms with van der Waals surface area (Å²) in [6.45, 7) is 0.649. The van der Waals surface area contributed by atoms with Gasteiger partial charge in [0, 0.05) is 12.8 Å². The summed E-state index contributed by atoms with van der Waals surface area (Å²) in [7, 11) is -3.31. The van der Waals surface area contributed by atoms with E-state index in [2.05, 4.69) is 10.3 Å². The molecule has 4 aliphatic carbocycles. The molecule has 1 N–H and O–H groups in total. The fraction of sp³-hybridized carbons (Fsp3) is 0.625. The number of hydrogen-bond donors (Lipinski definition) is 1. The molecule has 2 heterocycles. The molecule has 0 radical (unpaired) electrons. The van der Waals surface area contributed by atoms with E-state index in [0.29, 0.717) is 46.1 Å². The fourth-order valence-electron chi connectivity index (χ4n) is 7.34. The van der Waals surface area contributed by atoms with E-state index < -0.39 is 15.9 Å². The highest BCUT2D eigenvalue weighted by molar-refractivity contribution is 7.90. The van der Waals surface area contributed by atoms with Crippen LogP contribution < -0.4 is 5.32 Å². The third-order valence-corrected chi connectivity index (χ3v) is 10.4. The number of hydrogen-bond acceptors (Lipinski definition) is 6. The molecule has 9 heteroatoms. The number of rotatable bonds is 4. The molecule has 5 fully saturated rings. The van der Waals surface area contributed by atoms with Gasteiger partial charge in [-0.25, -0.2) is 13.4 Å². The Morgan fingerprint density at radius 2 is 1.79 bits per heavy atom. The van der Waals surface area contributed by atoms with Gasteiger partial charge in [-0.2, -0.15) is 0 Å². The maximum absolute atomic E-state index is 13.8. The van der Waals surface area contributed by atoms with Crippen molar-refractivity contribution in [3.63, 3.8) is 0 Å². The monoisotopic (exact) mass is 487 g/mol. The zero-order valence-corrected chi connectivity index (χ0v) is 20.4. The molecule has 1 atom stereocenters. The Balaban J connectivity index is 1.20. The van der Waals surface area contributed by atoms with Crippen molar-refractivity contribution in [2.45, 2.75) is 62.3 Å². The minimum absolute atomic E-state index is 0.187. The number of fused-ring (bicyclic) bond motifs is 1. The second kappa shape index (κ2) is 7.50. The third-order valence-electron chi connectivity index (χ3n) is 8.33. The summed E-state index contributed by atoms with van der Waals surface area (Å²) in [6.07, 6.45) is 9.56. The van der Waals surface area contributed by atoms with Gasteiger partial charge in [-0.15, -0.1) is 0 Å². The van der Waals surface area contributed by atoms with E-state index in [1.165, 1.54) is 42.9 Å². The van der Waals surface area contributed by atoms with Crippen molar-refractivity contribution in [2.24, 2.45) is 23.2 Å². The zero-order valence-electron chi connectivity index (χ0n) is 18.7. The van der Waals surface area contributed by atoms with Gasteiger partial charge in [0.25, 0.3) is 0 Å². The van der Waals surface area contributed by atoms with Crippen LogP contribution in [0.1, 0.15) is 51.4 Å². The third kappa shape index (κ3) is 3.67. The van der Waals surface area contributed by atoms with Crippen LogP contribution in [0.15, 0.2) is 23.1 Å². The van der Waals surface area contributed by atoms with Gasteiger partial charge >= 0.3 is 0 Å². The van der Waals surface area contributed by atoms with Gasteiger partial charge in [-0.1, -0.05) is 11.3 Å². The first-order valence-electron chi connectivity index (χ1n) is 11.9. The number of benzene rings is 1. The molecule has 2 aromatic rings. The Hall–Kier alpha value is -2.00. The Kier molecular flexibility index (Phi) is 4.89. The van der Waals surface area contributed by atoms with Crippen molar-refractivity contribution in [2.75, 3.05) is 18.1 Å². The minimum Gasteiger partial charge on any atom is -0.330 e. The SMILES string of the molecule is CS(=O)(=O)c1ccc2nc(NC(=O)[C@@H]3CCCN3C(=O)C34CC5CC(CC(C5)C3)C4)sc2c1. The van der Waals surface area contributed by atoms with Gasteiger partial charge in [-0.05, 0) is 87.3 Å². The summed E-state index contributed by atoms with van der Waals surface area (Å²) in [5.41, 5.74) is 0.408. The number of nitrogens with one attached hydrogen (secondary N) is 1. The van der Waals surface area contributed by atoms with Crippen LogP contribution in [0, 0.1) is 23.2 Å². The molecule has 1 aromatic heterocycles. The molecule has 0 unspecified atom stereocenters. The van der Waals surface area contributed by atoms with Crippen LogP contribution in [0.4, 0.5) is 5.13 Å². The van der Waals surface area contributed by atoms with Gasteiger partial charge in [0.1, 0.15) is 6.04 Å². The highest BCUT2D eigenvalue weighted by Crippen LogP contribution is 2.60. The molecule has 4 saturated carbocycles. The number of nitrogens with zero attached hydrogens (tertiary/aromatic N) is 2. The summed E-state index contributed by atoms with van der Waals surface area (Å²) in [5.74, 6) is 2.09. The Morgan fingerprint density at radius 3 is 2.42 bits per heavy atom. The van der Waals surface area contributed by atoms with Crippen molar-refractivity contribution in [1.29, 1.82) is 0 Å². The predicted octanol–water partition coefficient (Wildman–Crippen LogP) is 3.85. The molecule has 2 amide bonds. The topological polar surface area (TPSA) is 96.4 Å². The van der Waals surface area contributed by atoms with Gasteiger partial charge < -0.3 is 10.2 Å². The van der Waals surface area contributed by atoms with E-state index in [4.69, 9.17) is 0 Å². The number of likely N-dealkylation sites (tertiary alicyclic amines) is 1. The lowest BCUT2D eigenvalue weighted by Crippen LogP contribution is -2.56. The lowest BCUT2D eigenvalue weighted by atomic mass is 9.49. The van der Waals surface area contributed by atoms with E-state index in [0.717, 1.165) is 25.7 Å². The van der Waals surface area contributed by atoms with Crippen LogP contribution in [0.3, 0.4) is 0 Å². The average Bonchev–Trinajstić information content (AvgIpc) is 3.37. The number of thiazole rings is 1. The van der Waals surface area contributed by atoms with Crippen molar-refractivity contribution < 1.29 is 18.0 Å². The quantitative estimate of drug-likeness (QED) is 0.707. The van der Waals surface area contributed by atoms with E-state index in [1.807, 2.05) is 4.90 Å². The van der Waals surface area contributed by atoms with Gasteiger partial charge in [-0.3, -0.25) is 9.59 Å². The highest BCUT2D eigenvalue weighted by Gasteiger charge is 2.56. The molecule has 176 valence electrons. The molecule has 4 bridgehead atoms. The molecule has 1 aromatic carbocycles. The lowest BCUT2D eigenvalue weighted by Gasteiger charge is -2.56. The largest absolute Gasteiger partial charge is 0.330 e. The number of carbonyl (C=O) groups is 2. The first kappa shape index (κ1) is 21.5. The van der Waals surface area contributed by atoms with E-state index in [-0.39, 0.29) is 22.1 Å². The smallest absolute Gasteiger partial charge is 0.248 e. The molecule has 5 aliphatic rings. The minimum atomic E-state index is -3.31. The number of anilines is 1. The van der Waals surface area contributed by atoms with Gasteiger partial charge in [0.2, 0.25) is 11.8 Å². The van der Waals surface area contributed by atoms with Crippen LogP contribution in [0.5, 0.6) is 0 Å². The second-order valence-corrected chi connectivity index (χ2v) is 13.8. The summed E-state index contributed by atoms with van der Waals surface area (Å²) in [4.78, 5) is 33.6. The number of amides is 2. The molecular formula is C24H29N3O4S2. The first-order chi connectivity index (χ1) is 15.7. The maximum Gasteiger partial charge on any atom is 0.248 e. The van der Waals surface area contributed by atoms with E-state index in [9.17, 15) is 18.0 Å². The summed E-state index contributed by atoms with van der Waals surface area (Å²) >= 11 is 1.26. The second-order valence-electron chi connectivity index (χ2n) is 10.8. The van der Waals surface area contributed by atoms with Crippen LogP contribution in [-0.4, -0.2) is 49.0 Å². The summed E-state index contributed by atoms with van der Waals surface area (Å²) in [6, 6.07) is 4.34. The average molecular weight is 488 g/mol. The van der Waals surface area contributed by atoms with Crippen LogP contribution in [-0.2, 0) is 19.4 Å². The van der Waals surface area contributed by atoms with Gasteiger partial charge in [0.05, 0.1) is 20.5 Å². The first-order valence-corrected chi connectivity index (χ1v) is 14.6. The van der Waals surface area contributed by atoms with Crippen LogP contribution in [0.2, 0.25) is 0 Å². The predicted molar refractivity (Wildman–Crippen MR) is 127 cm³/mol. The highest BCUT2D eigenvalue weighted by atomic mass is 32.2. The van der Waals surface area contributed by atoms with Crippen molar-refractivity contribution in [1.82, 2.24) is 9.88 Å². The Labute approximate surface area is 197 Å². The Bertz CT molecular complexity index is 1220. The molecule has 1 aliphatic heterocycles. The van der Waals surface area contributed by atoms with Crippen molar-refractivity contribution in [3.8, 4) is 0 Å². The van der Waals surface area contributed by atoms with Crippen molar-refractivity contribution >= 4 is 48.3 Å². The zero-order chi connectivity index (χ0) is 23.0. The Morgan fingerprint density at radius 1 is 1.12 bits per heavy atom. The van der Waals surface area contributed by atoms with Crippen LogP contribution in [0.25, 0.3) is 10.2 Å². The lowest BCUT2D eigenvalue weighted by molar-refractivity contribution is -0.160. The molecule has 0 spiro atoms. The molecule has 7 rings (SSSR count). The molecule has 1 saturated heterocycles. The summed E-state index contributed by atoms with van der Waals surface area (Å²) < 4.78 is 24.4. The summed E-state index contributed by atoms with van der Waals surface area (Å²) in [5, 5.41) is 3.35. The van der Waals surface area contributed by atoms with Crippen molar-refractivity contribution in [3.05, 3.63) is 18.2 Å².